The van der Waals surface area contributed by atoms with E-state index < -0.39 is 16.1 Å². The predicted molar refractivity (Wildman–Crippen MR) is 103 cm³/mol. The Hall–Kier alpha value is -2.63. The van der Waals surface area contributed by atoms with Crippen LogP contribution in [0.25, 0.3) is 0 Å². The molecule has 0 saturated carbocycles. The average Bonchev–Trinajstić information content (AvgIpc) is 2.68. The van der Waals surface area contributed by atoms with Crippen molar-refractivity contribution in [2.45, 2.75) is 17.9 Å². The van der Waals surface area contributed by atoms with Crippen LogP contribution in [0.4, 0.5) is 0 Å². The van der Waals surface area contributed by atoms with Gasteiger partial charge in [0.1, 0.15) is 5.75 Å². The largest absolute Gasteiger partial charge is 0.497 e. The van der Waals surface area contributed by atoms with Gasteiger partial charge in [0.15, 0.2) is 0 Å². The van der Waals surface area contributed by atoms with Crippen LogP contribution < -0.4 is 9.46 Å². The highest BCUT2D eigenvalue weighted by Crippen LogP contribution is 2.25. The van der Waals surface area contributed by atoms with Gasteiger partial charge in [0.25, 0.3) is 0 Å². The van der Waals surface area contributed by atoms with Crippen LogP contribution in [0.15, 0.2) is 83.8 Å². The third kappa shape index (κ3) is 4.12. The summed E-state index contributed by atoms with van der Waals surface area (Å²) in [5.41, 5.74) is 2.89. The van der Waals surface area contributed by atoms with Crippen molar-refractivity contribution in [1.29, 1.82) is 0 Å². The van der Waals surface area contributed by atoms with E-state index in [1.54, 1.807) is 31.4 Å². The Kier molecular flexibility index (Phi) is 5.40. The summed E-state index contributed by atoms with van der Waals surface area (Å²) >= 11 is 0. The minimum atomic E-state index is -3.70. The van der Waals surface area contributed by atoms with Gasteiger partial charge in [0.2, 0.25) is 10.0 Å². The van der Waals surface area contributed by atoms with Gasteiger partial charge >= 0.3 is 0 Å². The first-order chi connectivity index (χ1) is 12.5. The first kappa shape index (κ1) is 18.2. The van der Waals surface area contributed by atoms with Crippen molar-refractivity contribution in [3.05, 3.63) is 95.6 Å². The van der Waals surface area contributed by atoms with Crippen molar-refractivity contribution in [2.75, 3.05) is 7.11 Å². The maximum atomic E-state index is 12.9. The molecule has 0 fully saturated rings. The number of hydrogen-bond acceptors (Lipinski definition) is 3. The number of ether oxygens (including phenoxy) is 1. The number of nitrogens with one attached hydrogen (secondary N) is 1. The zero-order chi connectivity index (χ0) is 18.6. The van der Waals surface area contributed by atoms with Gasteiger partial charge in [0.05, 0.1) is 18.0 Å². The molecule has 3 aromatic carbocycles. The van der Waals surface area contributed by atoms with Crippen LogP contribution in [-0.4, -0.2) is 15.5 Å². The summed E-state index contributed by atoms with van der Waals surface area (Å²) in [6.45, 7) is 2.00. The normalized spacial score (nSPS) is 12.5. The fraction of sp³-hybridized carbons (Fsp3) is 0.143. The Morgan fingerprint density at radius 1 is 0.808 bits per heavy atom. The van der Waals surface area contributed by atoms with Gasteiger partial charge in [-0.15, -0.1) is 0 Å². The Bertz CT molecular complexity index is 950. The van der Waals surface area contributed by atoms with Crippen LogP contribution in [0, 0.1) is 6.92 Å². The molecule has 0 aliphatic heterocycles. The van der Waals surface area contributed by atoms with Crippen molar-refractivity contribution in [3.63, 3.8) is 0 Å². The lowest BCUT2D eigenvalue weighted by Gasteiger charge is -2.20. The van der Waals surface area contributed by atoms with E-state index in [0.717, 1.165) is 16.7 Å². The van der Waals surface area contributed by atoms with Gasteiger partial charge in [-0.1, -0.05) is 60.2 Å². The molecular formula is C21H21NO3S. The second kappa shape index (κ2) is 7.72. The number of sulfonamides is 1. The topological polar surface area (TPSA) is 55.4 Å². The summed E-state index contributed by atoms with van der Waals surface area (Å²) in [5, 5.41) is 0. The van der Waals surface area contributed by atoms with Crippen LogP contribution >= 0.6 is 0 Å². The standard InChI is InChI=1S/C21H21NO3S/c1-16-8-10-18(11-9-16)21(17-6-4-3-5-7-17)22-26(23,24)20-14-12-19(25-2)13-15-20/h3-15,21-22H,1-2H3/t21-/m1/s1. The number of aryl methyl sites for hydroxylation is 1. The molecule has 4 nitrogen and oxygen atoms in total. The van der Waals surface area contributed by atoms with Gasteiger partial charge < -0.3 is 4.74 Å². The third-order valence-electron chi connectivity index (χ3n) is 4.19. The summed E-state index contributed by atoms with van der Waals surface area (Å²) in [5.74, 6) is 0.613. The van der Waals surface area contributed by atoms with Gasteiger partial charge in [0, 0.05) is 0 Å². The molecule has 3 rings (SSSR count). The van der Waals surface area contributed by atoms with Crippen LogP contribution in [0.2, 0.25) is 0 Å². The van der Waals surface area contributed by atoms with Gasteiger partial charge in [-0.3, -0.25) is 0 Å². The SMILES string of the molecule is COc1ccc(S(=O)(=O)N[C@H](c2ccccc2)c2ccc(C)cc2)cc1. The summed E-state index contributed by atoms with van der Waals surface area (Å²) in [4.78, 5) is 0.200. The Morgan fingerprint density at radius 3 is 1.96 bits per heavy atom. The fourth-order valence-corrected chi connectivity index (χ4v) is 3.92. The third-order valence-corrected chi connectivity index (χ3v) is 5.63. The highest BCUT2D eigenvalue weighted by Gasteiger charge is 2.22. The van der Waals surface area contributed by atoms with Crippen molar-refractivity contribution < 1.29 is 13.2 Å². The van der Waals surface area contributed by atoms with E-state index >= 15 is 0 Å². The first-order valence-electron chi connectivity index (χ1n) is 8.27. The molecule has 0 radical (unpaired) electrons. The lowest BCUT2D eigenvalue weighted by molar-refractivity contribution is 0.414. The fourth-order valence-electron chi connectivity index (χ4n) is 2.71. The molecule has 5 heteroatoms. The molecule has 3 aromatic rings. The Morgan fingerprint density at radius 2 is 1.38 bits per heavy atom. The van der Waals surface area contributed by atoms with Gasteiger partial charge in [-0.25, -0.2) is 8.42 Å². The highest BCUT2D eigenvalue weighted by atomic mass is 32.2. The molecule has 134 valence electrons. The highest BCUT2D eigenvalue weighted by molar-refractivity contribution is 7.89. The van der Waals surface area contributed by atoms with E-state index in [1.165, 1.54) is 0 Å². The molecular weight excluding hydrogens is 346 g/mol. The molecule has 0 heterocycles. The summed E-state index contributed by atoms with van der Waals surface area (Å²) in [6.07, 6.45) is 0. The van der Waals surface area contributed by atoms with Crippen LogP contribution in [0.1, 0.15) is 22.7 Å². The van der Waals surface area contributed by atoms with Crippen molar-refractivity contribution in [2.24, 2.45) is 0 Å². The molecule has 0 aliphatic carbocycles. The molecule has 0 amide bonds. The first-order valence-corrected chi connectivity index (χ1v) is 9.76. The van der Waals surface area contributed by atoms with Crippen LogP contribution in [0.3, 0.4) is 0 Å². The lowest BCUT2D eigenvalue weighted by Crippen LogP contribution is -2.29. The van der Waals surface area contributed by atoms with Crippen molar-refractivity contribution >= 4 is 10.0 Å². The molecule has 0 bridgehead atoms. The molecule has 1 atom stereocenters. The average molecular weight is 367 g/mol. The van der Waals surface area contributed by atoms with Crippen LogP contribution in [-0.2, 0) is 10.0 Å². The predicted octanol–water partition coefficient (Wildman–Crippen LogP) is 4.07. The molecule has 1 N–H and O–H groups in total. The van der Waals surface area contributed by atoms with E-state index in [4.69, 9.17) is 4.74 Å². The van der Waals surface area contributed by atoms with Crippen LogP contribution in [0.5, 0.6) is 5.75 Å². The molecule has 0 aliphatic rings. The zero-order valence-corrected chi connectivity index (χ0v) is 15.5. The Labute approximate surface area is 154 Å². The van der Waals surface area contributed by atoms with Gasteiger partial charge in [-0.05, 0) is 42.3 Å². The number of rotatable bonds is 6. The minimum Gasteiger partial charge on any atom is -0.497 e. The van der Waals surface area contributed by atoms with E-state index in [2.05, 4.69) is 4.72 Å². The summed E-state index contributed by atoms with van der Waals surface area (Å²) < 4.78 is 33.7. The number of methoxy groups -OCH3 is 1. The van der Waals surface area contributed by atoms with Crippen molar-refractivity contribution in [1.82, 2.24) is 4.72 Å². The van der Waals surface area contributed by atoms with Gasteiger partial charge in [-0.2, -0.15) is 4.72 Å². The summed E-state index contributed by atoms with van der Waals surface area (Å²) in [7, 11) is -2.15. The van der Waals surface area contributed by atoms with E-state index in [0.29, 0.717) is 5.75 Å². The minimum absolute atomic E-state index is 0.200. The smallest absolute Gasteiger partial charge is 0.241 e. The Balaban J connectivity index is 1.98. The molecule has 0 unspecified atom stereocenters. The monoisotopic (exact) mass is 367 g/mol. The zero-order valence-electron chi connectivity index (χ0n) is 14.7. The van der Waals surface area contributed by atoms with Crippen molar-refractivity contribution in [3.8, 4) is 5.75 Å². The number of hydrogen-bond donors (Lipinski definition) is 1. The maximum absolute atomic E-state index is 12.9. The summed E-state index contributed by atoms with van der Waals surface area (Å²) in [6, 6.07) is 23.3. The van der Waals surface area contributed by atoms with E-state index in [-0.39, 0.29) is 4.90 Å². The maximum Gasteiger partial charge on any atom is 0.241 e. The molecule has 0 saturated heterocycles. The van der Waals surface area contributed by atoms with E-state index in [9.17, 15) is 8.42 Å². The van der Waals surface area contributed by atoms with E-state index in [1.807, 2.05) is 61.5 Å². The number of benzene rings is 3. The second-order valence-corrected chi connectivity index (χ2v) is 7.77. The molecule has 26 heavy (non-hydrogen) atoms. The molecule has 0 spiro atoms. The second-order valence-electron chi connectivity index (χ2n) is 6.05. The quantitative estimate of drug-likeness (QED) is 0.714. The lowest BCUT2D eigenvalue weighted by atomic mass is 9.99. The molecule has 0 aromatic heterocycles.